The number of hydrogen-bond acceptors (Lipinski definition) is 6. The maximum atomic E-state index is 12.8. The number of carbonyl (C=O) groups excluding carboxylic acids is 3. The summed E-state index contributed by atoms with van der Waals surface area (Å²) in [5.74, 6) is -0.911. The number of unbranched alkanes of at least 4 members (excludes halogenated alkanes) is 30. The van der Waals surface area contributed by atoms with E-state index in [0.29, 0.717) is 19.3 Å². The second-order valence-electron chi connectivity index (χ2n) is 18.2. The Morgan fingerprint density at radius 2 is 0.562 bits per heavy atom. The van der Waals surface area contributed by atoms with Gasteiger partial charge in [0.25, 0.3) is 0 Å². The Bertz CT molecular complexity index is 1170. The van der Waals surface area contributed by atoms with Gasteiger partial charge in [-0.05, 0) is 96.3 Å². The molecule has 0 bridgehead atoms. The zero-order chi connectivity index (χ0) is 46.5. The topological polar surface area (TPSA) is 78.9 Å². The molecular weight excluding hydrogens is 793 g/mol. The van der Waals surface area contributed by atoms with E-state index in [1.165, 1.54) is 148 Å². The van der Waals surface area contributed by atoms with E-state index >= 15 is 0 Å². The van der Waals surface area contributed by atoms with Crippen molar-refractivity contribution in [3.05, 3.63) is 60.8 Å². The fraction of sp³-hybridized carbons (Fsp3) is 0.776. The van der Waals surface area contributed by atoms with Gasteiger partial charge >= 0.3 is 17.9 Å². The first kappa shape index (κ1) is 61.1. The largest absolute Gasteiger partial charge is 0.462 e. The molecule has 0 radical (unpaired) electrons. The van der Waals surface area contributed by atoms with Crippen molar-refractivity contribution in [3.8, 4) is 0 Å². The summed E-state index contributed by atoms with van der Waals surface area (Å²) in [5, 5.41) is 0. The summed E-state index contributed by atoms with van der Waals surface area (Å²) in [6.07, 6.45) is 64.8. The van der Waals surface area contributed by atoms with Crippen molar-refractivity contribution in [2.45, 2.75) is 277 Å². The van der Waals surface area contributed by atoms with Crippen molar-refractivity contribution in [1.29, 1.82) is 0 Å². The lowest BCUT2D eigenvalue weighted by molar-refractivity contribution is -0.167. The molecule has 0 aliphatic carbocycles. The summed E-state index contributed by atoms with van der Waals surface area (Å²) >= 11 is 0. The molecule has 0 rings (SSSR count). The van der Waals surface area contributed by atoms with Crippen LogP contribution in [-0.2, 0) is 28.6 Å². The highest BCUT2D eigenvalue weighted by atomic mass is 16.6. The predicted octanol–water partition coefficient (Wildman–Crippen LogP) is 18.0. The van der Waals surface area contributed by atoms with E-state index in [4.69, 9.17) is 14.2 Å². The second kappa shape index (κ2) is 52.7. The summed E-state index contributed by atoms with van der Waals surface area (Å²) < 4.78 is 16.8. The van der Waals surface area contributed by atoms with Crippen LogP contribution in [0.2, 0.25) is 0 Å². The Morgan fingerprint density at radius 1 is 0.312 bits per heavy atom. The predicted molar refractivity (Wildman–Crippen MR) is 275 cm³/mol. The summed E-state index contributed by atoms with van der Waals surface area (Å²) in [6, 6.07) is 0. The molecule has 0 saturated heterocycles. The molecule has 6 heteroatoms. The van der Waals surface area contributed by atoms with Gasteiger partial charge < -0.3 is 14.2 Å². The van der Waals surface area contributed by atoms with Crippen LogP contribution < -0.4 is 0 Å². The maximum Gasteiger partial charge on any atom is 0.306 e. The molecule has 0 spiro atoms. The molecule has 6 nitrogen and oxygen atoms in total. The lowest BCUT2D eigenvalue weighted by atomic mass is 10.1. The zero-order valence-corrected chi connectivity index (χ0v) is 42.3. The average Bonchev–Trinajstić information content (AvgIpc) is 3.29. The summed E-state index contributed by atoms with van der Waals surface area (Å²) in [6.45, 7) is 6.56. The lowest BCUT2D eigenvalue weighted by Crippen LogP contribution is -2.30. The SMILES string of the molecule is CCCCC/C=C\C=C/CCCCCCCCC(=O)OCC(COC(=O)CCCCCCC/C=C\CCCCCCCCC)OC(=O)CCCCCCCC/C=C\C=C/CCCCC. The van der Waals surface area contributed by atoms with Gasteiger partial charge in [0.05, 0.1) is 0 Å². The number of rotatable bonds is 49. The molecule has 370 valence electrons. The van der Waals surface area contributed by atoms with Crippen LogP contribution in [0.3, 0.4) is 0 Å². The van der Waals surface area contributed by atoms with Crippen LogP contribution in [0.25, 0.3) is 0 Å². The third-order valence-corrected chi connectivity index (χ3v) is 11.8. The second-order valence-corrected chi connectivity index (χ2v) is 18.2. The zero-order valence-electron chi connectivity index (χ0n) is 42.3. The van der Waals surface area contributed by atoms with Crippen molar-refractivity contribution in [3.63, 3.8) is 0 Å². The van der Waals surface area contributed by atoms with Gasteiger partial charge in [0.15, 0.2) is 6.10 Å². The molecule has 0 heterocycles. The molecular formula is C58H102O6. The third kappa shape index (κ3) is 50.1. The number of ether oxygens (including phenoxy) is 3. The van der Waals surface area contributed by atoms with E-state index < -0.39 is 6.10 Å². The van der Waals surface area contributed by atoms with Crippen molar-refractivity contribution in [2.24, 2.45) is 0 Å². The van der Waals surface area contributed by atoms with E-state index in [1.807, 2.05) is 0 Å². The van der Waals surface area contributed by atoms with Gasteiger partial charge in [-0.15, -0.1) is 0 Å². The van der Waals surface area contributed by atoms with E-state index in [2.05, 4.69) is 81.5 Å². The molecule has 1 atom stereocenters. The molecule has 0 aliphatic heterocycles. The van der Waals surface area contributed by atoms with Crippen molar-refractivity contribution >= 4 is 17.9 Å². The maximum absolute atomic E-state index is 12.8. The smallest absolute Gasteiger partial charge is 0.306 e. The van der Waals surface area contributed by atoms with E-state index in [1.54, 1.807) is 0 Å². The first-order valence-corrected chi connectivity index (χ1v) is 27.3. The van der Waals surface area contributed by atoms with Crippen LogP contribution in [0.4, 0.5) is 0 Å². The van der Waals surface area contributed by atoms with Gasteiger partial charge in [0.2, 0.25) is 0 Å². The van der Waals surface area contributed by atoms with Crippen molar-refractivity contribution in [2.75, 3.05) is 13.2 Å². The Balaban J connectivity index is 4.42. The standard InChI is InChI=1S/C58H102O6/c1-4-7-10-13-16-19-22-25-28-31-33-36-39-42-45-48-51-57(60)63-54-55(64-58(61)52-49-46-43-40-37-34-30-27-24-21-18-15-12-9-6-3)53-62-56(59)50-47-44-41-38-35-32-29-26-23-20-17-14-11-8-5-2/h17-18,20-21,23-24,26-28,31,55H,4-16,19,22,25,29-30,32-54H2,1-3H3/b20-17-,21-18-,26-23-,27-24-,31-28-. The fourth-order valence-corrected chi connectivity index (χ4v) is 7.59. The van der Waals surface area contributed by atoms with E-state index in [9.17, 15) is 14.4 Å². The van der Waals surface area contributed by atoms with E-state index in [0.717, 1.165) is 83.5 Å². The minimum absolute atomic E-state index is 0.0867. The van der Waals surface area contributed by atoms with Crippen LogP contribution in [0.5, 0.6) is 0 Å². The number of esters is 3. The quantitative estimate of drug-likeness (QED) is 0.0199. The molecule has 0 N–H and O–H groups in total. The van der Waals surface area contributed by atoms with Crippen molar-refractivity contribution < 1.29 is 28.6 Å². The molecule has 1 unspecified atom stereocenters. The highest BCUT2D eigenvalue weighted by Crippen LogP contribution is 2.14. The summed E-state index contributed by atoms with van der Waals surface area (Å²) in [4.78, 5) is 38.1. The molecule has 0 aromatic heterocycles. The van der Waals surface area contributed by atoms with Gasteiger partial charge in [-0.1, -0.05) is 216 Å². The van der Waals surface area contributed by atoms with Crippen LogP contribution >= 0.6 is 0 Å². The third-order valence-electron chi connectivity index (χ3n) is 11.8. The first-order chi connectivity index (χ1) is 31.5. The van der Waals surface area contributed by atoms with Gasteiger partial charge in [0.1, 0.15) is 13.2 Å². The normalized spacial score (nSPS) is 12.5. The minimum atomic E-state index is -0.788. The van der Waals surface area contributed by atoms with Crippen LogP contribution in [-0.4, -0.2) is 37.2 Å². The number of hydrogen-bond donors (Lipinski definition) is 0. The minimum Gasteiger partial charge on any atom is -0.462 e. The summed E-state index contributed by atoms with van der Waals surface area (Å²) in [5.41, 5.74) is 0. The molecule has 0 aromatic rings. The van der Waals surface area contributed by atoms with Crippen LogP contribution in [0, 0.1) is 0 Å². The highest BCUT2D eigenvalue weighted by Gasteiger charge is 2.19. The Kier molecular flexibility index (Phi) is 50.4. The molecule has 0 saturated carbocycles. The monoisotopic (exact) mass is 895 g/mol. The van der Waals surface area contributed by atoms with Crippen LogP contribution in [0.15, 0.2) is 60.8 Å². The van der Waals surface area contributed by atoms with Gasteiger partial charge in [-0.25, -0.2) is 0 Å². The molecule has 0 fully saturated rings. The molecule has 64 heavy (non-hydrogen) atoms. The van der Waals surface area contributed by atoms with Crippen LogP contribution in [0.1, 0.15) is 271 Å². The molecule has 0 aliphatic rings. The lowest BCUT2D eigenvalue weighted by Gasteiger charge is -2.18. The molecule has 0 amide bonds. The molecule has 0 aromatic carbocycles. The number of allylic oxidation sites excluding steroid dienone is 10. The Labute approximate surface area is 396 Å². The Hall–Kier alpha value is -2.89. The van der Waals surface area contributed by atoms with Gasteiger partial charge in [0, 0.05) is 19.3 Å². The fourth-order valence-electron chi connectivity index (χ4n) is 7.59. The first-order valence-electron chi connectivity index (χ1n) is 27.3. The van der Waals surface area contributed by atoms with Gasteiger partial charge in [-0.2, -0.15) is 0 Å². The Morgan fingerprint density at radius 3 is 0.906 bits per heavy atom. The average molecular weight is 895 g/mol. The van der Waals surface area contributed by atoms with Crippen molar-refractivity contribution in [1.82, 2.24) is 0 Å². The summed E-state index contributed by atoms with van der Waals surface area (Å²) in [7, 11) is 0. The highest BCUT2D eigenvalue weighted by molar-refractivity contribution is 5.71. The van der Waals surface area contributed by atoms with Gasteiger partial charge in [-0.3, -0.25) is 14.4 Å². The number of carbonyl (C=O) groups is 3. The van der Waals surface area contributed by atoms with E-state index in [-0.39, 0.29) is 31.1 Å².